The first-order valence-electron chi connectivity index (χ1n) is 6.52. The van der Waals surface area contributed by atoms with Crippen molar-refractivity contribution < 1.29 is 9.26 Å². The van der Waals surface area contributed by atoms with Crippen molar-refractivity contribution in [3.8, 4) is 28.6 Å². The fourth-order valence-corrected chi connectivity index (χ4v) is 2.03. The van der Waals surface area contributed by atoms with Crippen LogP contribution in [0.1, 0.15) is 5.56 Å². The van der Waals surface area contributed by atoms with Gasteiger partial charge in [-0.1, -0.05) is 17.3 Å². The van der Waals surface area contributed by atoms with Crippen LogP contribution in [0.25, 0.3) is 22.8 Å². The topological polar surface area (TPSA) is 74.2 Å². The van der Waals surface area contributed by atoms with Crippen molar-refractivity contribution in [3.63, 3.8) is 0 Å². The Morgan fingerprint density at radius 2 is 1.95 bits per heavy atom. The van der Waals surface area contributed by atoms with Crippen molar-refractivity contribution in [2.45, 2.75) is 6.92 Å². The number of hydrogen-bond acceptors (Lipinski definition) is 5. The van der Waals surface area contributed by atoms with E-state index in [9.17, 15) is 0 Å². The quantitative estimate of drug-likeness (QED) is 0.745. The average Bonchev–Trinajstić information content (AvgIpc) is 3.00. The van der Waals surface area contributed by atoms with Crippen molar-refractivity contribution in [2.75, 3.05) is 12.8 Å². The van der Waals surface area contributed by atoms with Gasteiger partial charge >= 0.3 is 0 Å². The Bertz CT molecular complexity index is 781. The summed E-state index contributed by atoms with van der Waals surface area (Å²) in [6.07, 6.45) is 0. The summed E-state index contributed by atoms with van der Waals surface area (Å²) in [5.41, 5.74) is 9.23. The number of nitrogens with two attached hydrogens (primary N) is 1. The van der Waals surface area contributed by atoms with E-state index in [1.54, 1.807) is 7.11 Å². The first kappa shape index (κ1) is 13.2. The van der Waals surface area contributed by atoms with E-state index >= 15 is 0 Å². The van der Waals surface area contributed by atoms with Gasteiger partial charge in [-0.2, -0.15) is 4.98 Å². The van der Waals surface area contributed by atoms with Crippen LogP contribution in [0.15, 0.2) is 47.0 Å². The third kappa shape index (κ3) is 2.58. The van der Waals surface area contributed by atoms with Crippen molar-refractivity contribution in [1.82, 2.24) is 10.1 Å². The summed E-state index contributed by atoms with van der Waals surface area (Å²) in [6.45, 7) is 1.94. The largest absolute Gasteiger partial charge is 0.497 e. The number of nitrogens with zero attached hydrogens (tertiary/aromatic N) is 2. The molecule has 0 fully saturated rings. The number of anilines is 1. The van der Waals surface area contributed by atoms with Crippen LogP contribution >= 0.6 is 0 Å². The summed E-state index contributed by atoms with van der Waals surface area (Å²) in [5.74, 6) is 1.75. The van der Waals surface area contributed by atoms with Crippen molar-refractivity contribution in [1.29, 1.82) is 0 Å². The lowest BCUT2D eigenvalue weighted by Gasteiger charge is -2.01. The molecule has 0 aliphatic carbocycles. The molecule has 0 aliphatic rings. The number of aryl methyl sites for hydroxylation is 1. The Morgan fingerprint density at radius 1 is 1.10 bits per heavy atom. The zero-order valence-corrected chi connectivity index (χ0v) is 11.8. The fraction of sp³-hybridized carbons (Fsp3) is 0.125. The molecule has 0 bridgehead atoms. The fourth-order valence-electron chi connectivity index (χ4n) is 2.03. The van der Waals surface area contributed by atoms with E-state index in [4.69, 9.17) is 15.0 Å². The number of hydrogen-bond donors (Lipinski definition) is 1. The molecular formula is C16H15N3O2. The van der Waals surface area contributed by atoms with Crippen LogP contribution in [-0.4, -0.2) is 17.3 Å². The number of rotatable bonds is 3. The highest BCUT2D eigenvalue weighted by Crippen LogP contribution is 2.26. The van der Waals surface area contributed by atoms with E-state index in [-0.39, 0.29) is 0 Å². The molecule has 0 unspecified atom stereocenters. The standard InChI is InChI=1S/C16H15N3O2/c1-10-8-12(6-7-14(10)17)16-18-15(19-21-16)11-4-3-5-13(9-11)20-2/h3-9H,17H2,1-2H3. The van der Waals surface area contributed by atoms with Crippen LogP contribution in [0.4, 0.5) is 5.69 Å². The summed E-state index contributed by atoms with van der Waals surface area (Å²) < 4.78 is 10.5. The molecule has 106 valence electrons. The van der Waals surface area contributed by atoms with Gasteiger partial charge in [0.25, 0.3) is 5.89 Å². The zero-order chi connectivity index (χ0) is 14.8. The Kier molecular flexibility index (Phi) is 3.31. The molecular weight excluding hydrogens is 266 g/mol. The first-order valence-corrected chi connectivity index (χ1v) is 6.52. The van der Waals surface area contributed by atoms with Crippen LogP contribution in [0.2, 0.25) is 0 Å². The predicted octanol–water partition coefficient (Wildman–Crippen LogP) is 3.30. The molecule has 21 heavy (non-hydrogen) atoms. The number of ether oxygens (including phenoxy) is 1. The van der Waals surface area contributed by atoms with Crippen LogP contribution in [-0.2, 0) is 0 Å². The molecule has 5 heteroatoms. The lowest BCUT2D eigenvalue weighted by molar-refractivity contribution is 0.414. The van der Waals surface area contributed by atoms with Gasteiger partial charge in [0.2, 0.25) is 5.82 Å². The number of aromatic nitrogens is 2. The predicted molar refractivity (Wildman–Crippen MR) is 80.9 cm³/mol. The Labute approximate surface area is 122 Å². The summed E-state index contributed by atoms with van der Waals surface area (Å²) in [6, 6.07) is 13.2. The summed E-state index contributed by atoms with van der Waals surface area (Å²) in [4.78, 5) is 4.42. The molecule has 0 atom stereocenters. The maximum absolute atomic E-state index is 5.81. The minimum Gasteiger partial charge on any atom is -0.497 e. The van der Waals surface area contributed by atoms with E-state index in [0.717, 1.165) is 28.1 Å². The number of nitrogen functional groups attached to an aromatic ring is 1. The Hall–Kier alpha value is -2.82. The van der Waals surface area contributed by atoms with E-state index in [1.165, 1.54) is 0 Å². The van der Waals surface area contributed by atoms with Crippen LogP contribution in [0.5, 0.6) is 5.75 Å². The van der Waals surface area contributed by atoms with Gasteiger partial charge in [-0.15, -0.1) is 0 Å². The minimum atomic E-state index is 0.468. The Morgan fingerprint density at radius 3 is 2.71 bits per heavy atom. The highest BCUT2D eigenvalue weighted by atomic mass is 16.5. The third-order valence-corrected chi connectivity index (χ3v) is 3.27. The van der Waals surface area contributed by atoms with Crippen molar-refractivity contribution in [3.05, 3.63) is 48.0 Å². The second-order valence-corrected chi connectivity index (χ2v) is 4.73. The molecule has 3 aromatic rings. The lowest BCUT2D eigenvalue weighted by Crippen LogP contribution is -1.89. The van der Waals surface area contributed by atoms with Crippen LogP contribution in [0, 0.1) is 6.92 Å². The van der Waals surface area contributed by atoms with Gasteiger partial charge in [-0.05, 0) is 42.8 Å². The maximum Gasteiger partial charge on any atom is 0.258 e. The SMILES string of the molecule is COc1cccc(-c2noc(-c3ccc(N)c(C)c3)n2)c1. The summed E-state index contributed by atoms with van der Waals surface area (Å²) >= 11 is 0. The molecule has 0 saturated heterocycles. The van der Waals surface area contributed by atoms with Gasteiger partial charge in [-0.25, -0.2) is 0 Å². The second kappa shape index (κ2) is 5.28. The molecule has 5 nitrogen and oxygen atoms in total. The van der Waals surface area contributed by atoms with Gasteiger partial charge in [0.1, 0.15) is 5.75 Å². The summed E-state index contributed by atoms with van der Waals surface area (Å²) in [7, 11) is 1.62. The molecule has 0 saturated carbocycles. The van der Waals surface area contributed by atoms with Crippen molar-refractivity contribution in [2.24, 2.45) is 0 Å². The van der Waals surface area contributed by atoms with E-state index in [1.807, 2.05) is 49.4 Å². The monoisotopic (exact) mass is 281 g/mol. The molecule has 3 rings (SSSR count). The molecule has 0 spiro atoms. The van der Waals surface area contributed by atoms with Gasteiger partial charge in [0.05, 0.1) is 7.11 Å². The minimum absolute atomic E-state index is 0.468. The highest BCUT2D eigenvalue weighted by molar-refractivity contribution is 5.64. The van der Waals surface area contributed by atoms with E-state index < -0.39 is 0 Å². The zero-order valence-electron chi connectivity index (χ0n) is 11.8. The average molecular weight is 281 g/mol. The van der Waals surface area contributed by atoms with Gasteiger partial charge < -0.3 is 15.0 Å². The normalized spacial score (nSPS) is 10.6. The maximum atomic E-state index is 5.81. The molecule has 1 aromatic heterocycles. The molecule has 1 heterocycles. The summed E-state index contributed by atoms with van der Waals surface area (Å²) in [5, 5.41) is 4.02. The van der Waals surface area contributed by atoms with Crippen molar-refractivity contribution >= 4 is 5.69 Å². The van der Waals surface area contributed by atoms with Gasteiger partial charge in [-0.3, -0.25) is 0 Å². The first-order chi connectivity index (χ1) is 10.2. The smallest absolute Gasteiger partial charge is 0.258 e. The molecule has 0 radical (unpaired) electrons. The number of benzene rings is 2. The number of methoxy groups -OCH3 is 1. The van der Waals surface area contributed by atoms with Gasteiger partial charge in [0, 0.05) is 16.8 Å². The molecule has 2 N–H and O–H groups in total. The lowest BCUT2D eigenvalue weighted by atomic mass is 10.1. The van der Waals surface area contributed by atoms with Crippen LogP contribution in [0.3, 0.4) is 0 Å². The molecule has 2 aromatic carbocycles. The van der Waals surface area contributed by atoms with E-state index in [2.05, 4.69) is 10.1 Å². The van der Waals surface area contributed by atoms with Crippen LogP contribution < -0.4 is 10.5 Å². The molecule has 0 amide bonds. The highest BCUT2D eigenvalue weighted by Gasteiger charge is 2.11. The third-order valence-electron chi connectivity index (χ3n) is 3.27. The Balaban J connectivity index is 1.97. The van der Waals surface area contributed by atoms with Gasteiger partial charge in [0.15, 0.2) is 0 Å². The molecule has 0 aliphatic heterocycles. The second-order valence-electron chi connectivity index (χ2n) is 4.73. The van der Waals surface area contributed by atoms with E-state index in [0.29, 0.717) is 11.7 Å².